The number of halogens is 2. The number of aromatic nitrogens is 5. The van der Waals surface area contributed by atoms with Gasteiger partial charge in [0.1, 0.15) is 0 Å². The van der Waals surface area contributed by atoms with Crippen molar-refractivity contribution in [1.29, 1.82) is 0 Å². The van der Waals surface area contributed by atoms with Gasteiger partial charge in [0.2, 0.25) is 11.1 Å². The molecule has 2 heterocycles. The fraction of sp³-hybridized carbons (Fsp3) is 0.150. The van der Waals surface area contributed by atoms with Crippen molar-refractivity contribution in [3.63, 3.8) is 0 Å². The molecule has 2 aromatic heterocycles. The zero-order chi connectivity index (χ0) is 22.0. The van der Waals surface area contributed by atoms with Gasteiger partial charge in [0, 0.05) is 10.9 Å². The van der Waals surface area contributed by atoms with Gasteiger partial charge in [-0.25, -0.2) is 13.8 Å². The van der Waals surface area contributed by atoms with Gasteiger partial charge in [-0.05, 0) is 59.7 Å². The number of hydrogen-bond donors (Lipinski definition) is 1. The quantitative estimate of drug-likeness (QED) is 0.431. The Morgan fingerprint density at radius 3 is 2.84 bits per heavy atom. The van der Waals surface area contributed by atoms with Crippen LogP contribution in [0, 0.1) is 25.5 Å². The fourth-order valence-corrected chi connectivity index (χ4v) is 4.21. The maximum atomic E-state index is 13.4. The third-order valence-electron chi connectivity index (χ3n) is 4.54. The Kier molecular flexibility index (Phi) is 6.05. The molecule has 0 atom stereocenters. The largest absolute Gasteiger partial charge is 0.301 e. The molecule has 0 unspecified atom stereocenters. The van der Waals surface area contributed by atoms with E-state index in [2.05, 4.69) is 25.8 Å². The minimum atomic E-state index is -0.950. The lowest BCUT2D eigenvalue weighted by atomic mass is 10.1. The van der Waals surface area contributed by atoms with Crippen molar-refractivity contribution in [3.8, 4) is 16.9 Å². The number of nitrogens with zero attached hydrogens (tertiary/aromatic N) is 5. The van der Waals surface area contributed by atoms with Crippen molar-refractivity contribution < 1.29 is 13.6 Å². The van der Waals surface area contributed by atoms with Gasteiger partial charge in [0.15, 0.2) is 16.8 Å². The van der Waals surface area contributed by atoms with Gasteiger partial charge in [0.25, 0.3) is 0 Å². The molecular weight excluding hydrogens is 442 g/mol. The standard InChI is InChI=1S/C20H16F2N6OS2/c1-11-4-3-5-17(12(11)2)28-20(25-26-27-28)31-10-18(29)24-19-23-16(9-30-19)13-6-7-14(21)15(22)8-13/h3-9H,10H2,1-2H3,(H,23,24,29). The number of hydrogen-bond acceptors (Lipinski definition) is 7. The number of aryl methyl sites for hydroxylation is 1. The Morgan fingerprint density at radius 2 is 2.03 bits per heavy atom. The molecule has 11 heteroatoms. The Hall–Kier alpha value is -3.18. The Labute approximate surface area is 184 Å². The SMILES string of the molecule is Cc1cccc(-n2nnnc2SCC(=O)Nc2nc(-c3ccc(F)c(F)c3)cs2)c1C. The van der Waals surface area contributed by atoms with Gasteiger partial charge in [-0.3, -0.25) is 4.79 Å². The van der Waals surface area contributed by atoms with Crippen LogP contribution in [0.1, 0.15) is 11.1 Å². The molecule has 0 radical (unpaired) electrons. The number of rotatable bonds is 6. The second-order valence-electron chi connectivity index (χ2n) is 6.60. The maximum absolute atomic E-state index is 13.4. The summed E-state index contributed by atoms with van der Waals surface area (Å²) in [7, 11) is 0. The number of benzene rings is 2. The summed E-state index contributed by atoms with van der Waals surface area (Å²) in [5, 5.41) is 17.0. The summed E-state index contributed by atoms with van der Waals surface area (Å²) in [4.78, 5) is 16.6. The molecule has 0 fully saturated rings. The number of anilines is 1. The lowest BCUT2D eigenvalue weighted by Gasteiger charge is -2.09. The van der Waals surface area contributed by atoms with E-state index in [0.717, 1.165) is 28.9 Å². The summed E-state index contributed by atoms with van der Waals surface area (Å²) >= 11 is 2.39. The summed E-state index contributed by atoms with van der Waals surface area (Å²) in [6, 6.07) is 9.39. The van der Waals surface area contributed by atoms with Crippen LogP contribution in [0.25, 0.3) is 16.9 Å². The smallest absolute Gasteiger partial charge is 0.236 e. The average molecular weight is 459 g/mol. The van der Waals surface area contributed by atoms with Crippen molar-refractivity contribution in [2.45, 2.75) is 19.0 Å². The molecule has 1 amide bonds. The number of thioether (sulfide) groups is 1. The van der Waals surface area contributed by atoms with Crippen molar-refractivity contribution in [1.82, 2.24) is 25.2 Å². The maximum Gasteiger partial charge on any atom is 0.236 e. The molecule has 0 aliphatic rings. The first-order valence-corrected chi connectivity index (χ1v) is 11.0. The molecule has 0 bridgehead atoms. The molecule has 0 spiro atoms. The third kappa shape index (κ3) is 4.62. The van der Waals surface area contributed by atoms with Gasteiger partial charge in [-0.15, -0.1) is 16.4 Å². The van der Waals surface area contributed by atoms with E-state index in [1.54, 1.807) is 10.1 Å². The predicted molar refractivity (Wildman–Crippen MR) is 115 cm³/mol. The van der Waals surface area contributed by atoms with Crippen molar-refractivity contribution in [2.24, 2.45) is 0 Å². The van der Waals surface area contributed by atoms with Crippen LogP contribution in [0.3, 0.4) is 0 Å². The number of amides is 1. The lowest BCUT2D eigenvalue weighted by molar-refractivity contribution is -0.113. The summed E-state index contributed by atoms with van der Waals surface area (Å²) in [5.74, 6) is -2.08. The second-order valence-corrected chi connectivity index (χ2v) is 8.40. The molecular formula is C20H16F2N6OS2. The average Bonchev–Trinajstić information content (AvgIpc) is 3.40. The van der Waals surface area contributed by atoms with Crippen molar-refractivity contribution in [2.75, 3.05) is 11.1 Å². The van der Waals surface area contributed by atoms with Gasteiger partial charge in [-0.1, -0.05) is 23.9 Å². The first kappa shape index (κ1) is 21.1. The van der Waals surface area contributed by atoms with Gasteiger partial charge >= 0.3 is 0 Å². The summed E-state index contributed by atoms with van der Waals surface area (Å²) < 4.78 is 28.1. The molecule has 158 valence electrons. The molecule has 7 nitrogen and oxygen atoms in total. The fourth-order valence-electron chi connectivity index (χ4n) is 2.79. The van der Waals surface area contributed by atoms with E-state index in [0.29, 0.717) is 21.5 Å². The van der Waals surface area contributed by atoms with Crippen LogP contribution < -0.4 is 5.32 Å². The van der Waals surface area contributed by atoms with Crippen molar-refractivity contribution in [3.05, 3.63) is 64.5 Å². The van der Waals surface area contributed by atoms with Gasteiger partial charge in [0.05, 0.1) is 17.1 Å². The number of nitrogens with one attached hydrogen (secondary N) is 1. The Morgan fingerprint density at radius 1 is 1.19 bits per heavy atom. The normalized spacial score (nSPS) is 11.0. The molecule has 2 aromatic carbocycles. The molecule has 0 aliphatic heterocycles. The minimum absolute atomic E-state index is 0.0747. The second kappa shape index (κ2) is 8.90. The highest BCUT2D eigenvalue weighted by atomic mass is 32.2. The molecule has 0 saturated carbocycles. The molecule has 1 N–H and O–H groups in total. The molecule has 0 saturated heterocycles. The van der Waals surface area contributed by atoms with Crippen molar-refractivity contribution >= 4 is 34.1 Å². The van der Waals surface area contributed by atoms with Crippen LogP contribution in [0.4, 0.5) is 13.9 Å². The van der Waals surface area contributed by atoms with E-state index in [4.69, 9.17) is 0 Å². The minimum Gasteiger partial charge on any atom is -0.301 e. The summed E-state index contributed by atoms with van der Waals surface area (Å²) in [6.07, 6.45) is 0. The zero-order valence-corrected chi connectivity index (χ0v) is 18.1. The van der Waals surface area contributed by atoms with E-state index >= 15 is 0 Å². The van der Waals surface area contributed by atoms with E-state index in [-0.39, 0.29) is 11.7 Å². The summed E-state index contributed by atoms with van der Waals surface area (Å²) in [5.41, 5.74) is 3.89. The molecule has 4 rings (SSSR count). The monoisotopic (exact) mass is 458 g/mol. The van der Waals surface area contributed by atoms with Crippen LogP contribution in [0.2, 0.25) is 0 Å². The van der Waals surface area contributed by atoms with E-state index in [1.165, 1.54) is 29.2 Å². The highest BCUT2D eigenvalue weighted by Gasteiger charge is 2.15. The van der Waals surface area contributed by atoms with Gasteiger partial charge < -0.3 is 5.32 Å². The van der Waals surface area contributed by atoms with Crippen LogP contribution in [-0.4, -0.2) is 36.9 Å². The molecule has 0 aliphatic carbocycles. The number of carbonyl (C=O) groups excluding carboxylic acids is 1. The van der Waals surface area contributed by atoms with E-state index < -0.39 is 11.6 Å². The van der Waals surface area contributed by atoms with E-state index in [1.807, 2.05) is 32.0 Å². The van der Waals surface area contributed by atoms with E-state index in [9.17, 15) is 13.6 Å². The highest BCUT2D eigenvalue weighted by Crippen LogP contribution is 2.27. The Balaban J connectivity index is 1.41. The lowest BCUT2D eigenvalue weighted by Crippen LogP contribution is -2.14. The Bertz CT molecular complexity index is 1260. The highest BCUT2D eigenvalue weighted by molar-refractivity contribution is 7.99. The first-order valence-electron chi connectivity index (χ1n) is 9.11. The first-order chi connectivity index (χ1) is 14.9. The predicted octanol–water partition coefficient (Wildman–Crippen LogP) is 4.41. The molecule has 4 aromatic rings. The van der Waals surface area contributed by atoms with Crippen LogP contribution in [0.15, 0.2) is 46.9 Å². The van der Waals surface area contributed by atoms with Crippen LogP contribution in [-0.2, 0) is 4.79 Å². The number of thiazole rings is 1. The van der Waals surface area contributed by atoms with Crippen LogP contribution >= 0.6 is 23.1 Å². The van der Waals surface area contributed by atoms with Crippen LogP contribution in [0.5, 0.6) is 0 Å². The number of carbonyl (C=O) groups is 1. The zero-order valence-electron chi connectivity index (χ0n) is 16.5. The molecule has 31 heavy (non-hydrogen) atoms. The number of tetrazole rings is 1. The topological polar surface area (TPSA) is 85.6 Å². The van der Waals surface area contributed by atoms with Gasteiger partial charge in [-0.2, -0.15) is 4.68 Å². The summed E-state index contributed by atoms with van der Waals surface area (Å²) in [6.45, 7) is 3.99. The third-order valence-corrected chi connectivity index (χ3v) is 6.22.